The average Bonchev–Trinajstić information content (AvgIpc) is 2.81. The Morgan fingerprint density at radius 1 is 1.33 bits per heavy atom. The van der Waals surface area contributed by atoms with E-state index in [0.717, 1.165) is 12.1 Å². The highest BCUT2D eigenvalue weighted by Crippen LogP contribution is 2.22. The molecule has 0 saturated heterocycles. The smallest absolute Gasteiger partial charge is 0.243 e. The van der Waals surface area contributed by atoms with E-state index in [9.17, 15) is 17.2 Å². The Kier molecular flexibility index (Phi) is 4.24. The molecule has 0 spiro atoms. The van der Waals surface area contributed by atoms with Crippen LogP contribution in [0.3, 0.4) is 0 Å². The van der Waals surface area contributed by atoms with Crippen LogP contribution in [-0.2, 0) is 23.5 Å². The first-order valence-electron chi connectivity index (χ1n) is 6.03. The quantitative estimate of drug-likeness (QED) is 0.799. The summed E-state index contributed by atoms with van der Waals surface area (Å²) in [5, 5.41) is 4.08. The Balaban J connectivity index is 2.10. The SMILES string of the molecule is Cn1ccc(CCNS(=O)(=O)c2ccc(F)c(N)c2F)n1. The second-order valence-corrected chi connectivity index (χ2v) is 6.14. The molecule has 1 aromatic carbocycles. The van der Waals surface area contributed by atoms with Crippen LogP contribution in [-0.4, -0.2) is 24.7 Å². The Bertz CT molecular complexity index is 759. The predicted molar refractivity (Wildman–Crippen MR) is 72.9 cm³/mol. The molecule has 0 aliphatic rings. The van der Waals surface area contributed by atoms with Crippen LogP contribution in [0.5, 0.6) is 0 Å². The number of hydrogen-bond donors (Lipinski definition) is 2. The van der Waals surface area contributed by atoms with Gasteiger partial charge < -0.3 is 5.73 Å². The lowest BCUT2D eigenvalue weighted by atomic mass is 10.3. The Hall–Kier alpha value is -2.00. The zero-order valence-electron chi connectivity index (χ0n) is 11.2. The first-order chi connectivity index (χ1) is 9.81. The molecule has 9 heteroatoms. The van der Waals surface area contributed by atoms with Crippen molar-refractivity contribution in [3.8, 4) is 0 Å². The van der Waals surface area contributed by atoms with E-state index >= 15 is 0 Å². The summed E-state index contributed by atoms with van der Waals surface area (Å²) >= 11 is 0. The van der Waals surface area contributed by atoms with E-state index in [0.29, 0.717) is 12.1 Å². The Labute approximate surface area is 120 Å². The van der Waals surface area contributed by atoms with Crippen LogP contribution >= 0.6 is 0 Å². The largest absolute Gasteiger partial charge is 0.394 e. The highest BCUT2D eigenvalue weighted by Gasteiger charge is 2.22. The summed E-state index contributed by atoms with van der Waals surface area (Å²) in [4.78, 5) is -0.678. The lowest BCUT2D eigenvalue weighted by molar-refractivity contribution is 0.548. The van der Waals surface area contributed by atoms with Crippen LogP contribution in [0.15, 0.2) is 29.3 Å². The lowest BCUT2D eigenvalue weighted by Gasteiger charge is -2.08. The first-order valence-corrected chi connectivity index (χ1v) is 7.51. The van der Waals surface area contributed by atoms with Crippen LogP contribution in [0.2, 0.25) is 0 Å². The number of halogens is 2. The molecule has 0 unspecified atom stereocenters. The second kappa shape index (κ2) is 5.78. The second-order valence-electron chi connectivity index (χ2n) is 4.40. The van der Waals surface area contributed by atoms with Gasteiger partial charge in [-0.3, -0.25) is 4.68 Å². The third-order valence-corrected chi connectivity index (χ3v) is 4.30. The van der Waals surface area contributed by atoms with Crippen molar-refractivity contribution in [1.82, 2.24) is 14.5 Å². The van der Waals surface area contributed by atoms with Crippen molar-refractivity contribution in [2.45, 2.75) is 11.3 Å². The molecular weight excluding hydrogens is 302 g/mol. The molecule has 0 atom stereocenters. The van der Waals surface area contributed by atoms with Gasteiger partial charge in [0, 0.05) is 26.2 Å². The maximum Gasteiger partial charge on any atom is 0.243 e. The van der Waals surface area contributed by atoms with Gasteiger partial charge in [0.25, 0.3) is 0 Å². The Morgan fingerprint density at radius 3 is 2.67 bits per heavy atom. The highest BCUT2D eigenvalue weighted by atomic mass is 32.2. The standard InChI is InChI=1S/C12H14F2N4O2S/c1-18-7-5-8(17-18)4-6-16-21(19,20)10-3-2-9(13)12(15)11(10)14/h2-3,5,7,16H,4,6,15H2,1H3. The van der Waals surface area contributed by atoms with Crippen LogP contribution in [0.1, 0.15) is 5.69 Å². The normalized spacial score (nSPS) is 11.8. The van der Waals surface area contributed by atoms with Crippen molar-refractivity contribution >= 4 is 15.7 Å². The minimum Gasteiger partial charge on any atom is -0.394 e. The van der Waals surface area contributed by atoms with Crippen molar-refractivity contribution in [3.63, 3.8) is 0 Å². The average molecular weight is 316 g/mol. The highest BCUT2D eigenvalue weighted by molar-refractivity contribution is 7.89. The molecule has 0 bridgehead atoms. The fraction of sp³-hybridized carbons (Fsp3) is 0.250. The molecule has 2 aromatic rings. The number of nitrogens with two attached hydrogens (primary N) is 1. The molecule has 21 heavy (non-hydrogen) atoms. The van der Waals surface area contributed by atoms with Crippen LogP contribution in [0.25, 0.3) is 0 Å². The topological polar surface area (TPSA) is 90.0 Å². The van der Waals surface area contributed by atoms with E-state index in [1.807, 2.05) is 0 Å². The number of benzene rings is 1. The Morgan fingerprint density at radius 2 is 2.05 bits per heavy atom. The number of sulfonamides is 1. The third kappa shape index (κ3) is 3.37. The number of aryl methyl sites for hydroxylation is 1. The van der Waals surface area contributed by atoms with Crippen molar-refractivity contribution in [2.24, 2.45) is 7.05 Å². The molecule has 0 aliphatic carbocycles. The minimum absolute atomic E-state index is 0.0378. The van der Waals surface area contributed by atoms with Crippen LogP contribution in [0.4, 0.5) is 14.5 Å². The summed E-state index contributed by atoms with van der Waals surface area (Å²) in [5.74, 6) is -2.29. The van der Waals surface area contributed by atoms with Gasteiger partial charge in [-0.1, -0.05) is 0 Å². The molecule has 0 saturated carbocycles. The van der Waals surface area contributed by atoms with Crippen molar-refractivity contribution in [2.75, 3.05) is 12.3 Å². The van der Waals surface area contributed by atoms with E-state index in [-0.39, 0.29) is 6.54 Å². The van der Waals surface area contributed by atoms with Gasteiger partial charge in [0.1, 0.15) is 16.4 Å². The van der Waals surface area contributed by atoms with E-state index in [1.54, 1.807) is 24.0 Å². The van der Waals surface area contributed by atoms with E-state index in [4.69, 9.17) is 5.73 Å². The molecule has 114 valence electrons. The molecule has 6 nitrogen and oxygen atoms in total. The van der Waals surface area contributed by atoms with E-state index in [1.165, 1.54) is 0 Å². The summed E-state index contributed by atoms with van der Waals surface area (Å²) in [5.41, 5.74) is 5.02. The number of hydrogen-bond acceptors (Lipinski definition) is 4. The lowest BCUT2D eigenvalue weighted by Crippen LogP contribution is -2.27. The number of nitrogen functional groups attached to an aromatic ring is 1. The van der Waals surface area contributed by atoms with Crippen LogP contribution in [0, 0.1) is 11.6 Å². The summed E-state index contributed by atoms with van der Waals surface area (Å²) < 4.78 is 54.5. The molecule has 3 N–H and O–H groups in total. The molecule has 0 aliphatic heterocycles. The van der Waals surface area contributed by atoms with Crippen molar-refractivity contribution < 1.29 is 17.2 Å². The van der Waals surface area contributed by atoms with Crippen LogP contribution < -0.4 is 10.5 Å². The predicted octanol–water partition coefficient (Wildman–Crippen LogP) is 0.802. The van der Waals surface area contributed by atoms with Crippen molar-refractivity contribution in [1.29, 1.82) is 0 Å². The summed E-state index contributed by atoms with van der Waals surface area (Å²) in [6, 6.07) is 3.39. The maximum atomic E-state index is 13.7. The number of nitrogens with zero attached hydrogens (tertiary/aromatic N) is 2. The zero-order valence-corrected chi connectivity index (χ0v) is 12.0. The van der Waals surface area contributed by atoms with Gasteiger partial charge in [0.15, 0.2) is 5.82 Å². The van der Waals surface area contributed by atoms with Gasteiger partial charge in [-0.05, 0) is 18.2 Å². The molecule has 2 rings (SSSR count). The molecule has 0 fully saturated rings. The summed E-state index contributed by atoms with van der Waals surface area (Å²) in [6.45, 7) is 0.0378. The third-order valence-electron chi connectivity index (χ3n) is 2.82. The molecule has 1 aromatic heterocycles. The van der Waals surface area contributed by atoms with Gasteiger partial charge >= 0.3 is 0 Å². The minimum atomic E-state index is -4.10. The number of rotatable bonds is 5. The molecule has 0 radical (unpaired) electrons. The first kappa shape index (κ1) is 15.4. The van der Waals surface area contributed by atoms with Gasteiger partial charge in [-0.2, -0.15) is 5.10 Å². The molecular formula is C12H14F2N4O2S. The van der Waals surface area contributed by atoms with Gasteiger partial charge in [-0.25, -0.2) is 21.9 Å². The number of nitrogens with one attached hydrogen (secondary N) is 1. The van der Waals surface area contributed by atoms with E-state index < -0.39 is 32.2 Å². The van der Waals surface area contributed by atoms with Gasteiger partial charge in [0.2, 0.25) is 10.0 Å². The summed E-state index contributed by atoms with van der Waals surface area (Å²) in [6.07, 6.45) is 2.07. The maximum absolute atomic E-state index is 13.7. The monoisotopic (exact) mass is 316 g/mol. The fourth-order valence-corrected chi connectivity index (χ4v) is 2.86. The fourth-order valence-electron chi connectivity index (χ4n) is 1.74. The number of aromatic nitrogens is 2. The summed E-state index contributed by atoms with van der Waals surface area (Å²) in [7, 11) is -2.36. The molecule has 0 amide bonds. The zero-order chi connectivity index (χ0) is 15.6. The van der Waals surface area contributed by atoms with Gasteiger partial charge in [0.05, 0.1) is 5.69 Å². The van der Waals surface area contributed by atoms with Gasteiger partial charge in [-0.15, -0.1) is 0 Å². The number of anilines is 1. The molecule has 1 heterocycles. The van der Waals surface area contributed by atoms with Crippen molar-refractivity contribution in [3.05, 3.63) is 41.7 Å². The van der Waals surface area contributed by atoms with E-state index in [2.05, 4.69) is 9.82 Å².